The second-order valence-electron chi connectivity index (χ2n) is 5.45. The summed E-state index contributed by atoms with van der Waals surface area (Å²) < 4.78 is 10.1. The molecule has 2 atom stereocenters. The number of carbonyl (C=O) groups excluding carboxylic acids is 2. The third kappa shape index (κ3) is 5.34. The molecule has 1 rings (SSSR count). The van der Waals surface area contributed by atoms with Gasteiger partial charge in [0, 0.05) is 6.54 Å². The standard InChI is InChI=1S/C14H23NO6/c1-4-20-12(16)8-15(7-9(2)3)13(17)10-5-6-11(21-10)14(18)19/h9-11H,4-8H2,1-3H3,(H,18,19). The number of nitrogens with zero attached hydrogens (tertiary/aromatic N) is 1. The van der Waals surface area contributed by atoms with E-state index in [9.17, 15) is 14.4 Å². The molecule has 1 aliphatic rings. The monoisotopic (exact) mass is 301 g/mol. The Labute approximate surface area is 124 Å². The summed E-state index contributed by atoms with van der Waals surface area (Å²) in [6.07, 6.45) is -1.07. The molecular formula is C14H23NO6. The maximum atomic E-state index is 12.4. The lowest BCUT2D eigenvalue weighted by Crippen LogP contribution is -2.44. The Kier molecular flexibility index (Phi) is 6.61. The first-order valence-corrected chi connectivity index (χ1v) is 7.17. The zero-order valence-corrected chi connectivity index (χ0v) is 12.7. The number of carboxylic acid groups (broad SMARTS) is 1. The molecular weight excluding hydrogens is 278 g/mol. The fourth-order valence-corrected chi connectivity index (χ4v) is 2.24. The van der Waals surface area contributed by atoms with Crippen LogP contribution in [0.1, 0.15) is 33.6 Å². The van der Waals surface area contributed by atoms with Gasteiger partial charge in [-0.3, -0.25) is 9.59 Å². The van der Waals surface area contributed by atoms with Gasteiger partial charge in [-0.15, -0.1) is 0 Å². The van der Waals surface area contributed by atoms with E-state index in [4.69, 9.17) is 14.6 Å². The van der Waals surface area contributed by atoms with Crippen molar-refractivity contribution in [3.8, 4) is 0 Å². The first kappa shape index (κ1) is 17.4. The van der Waals surface area contributed by atoms with Crippen molar-refractivity contribution in [2.75, 3.05) is 19.7 Å². The lowest BCUT2D eigenvalue weighted by atomic mass is 10.1. The van der Waals surface area contributed by atoms with E-state index in [0.29, 0.717) is 19.4 Å². The summed E-state index contributed by atoms with van der Waals surface area (Å²) in [5.74, 6) is -1.70. The average Bonchev–Trinajstić information content (AvgIpc) is 2.86. The van der Waals surface area contributed by atoms with E-state index in [2.05, 4.69) is 0 Å². The summed E-state index contributed by atoms with van der Waals surface area (Å²) in [6.45, 7) is 6.08. The van der Waals surface area contributed by atoms with Gasteiger partial charge in [0.05, 0.1) is 6.61 Å². The average molecular weight is 301 g/mol. The minimum Gasteiger partial charge on any atom is -0.479 e. The second-order valence-corrected chi connectivity index (χ2v) is 5.45. The van der Waals surface area contributed by atoms with Crippen molar-refractivity contribution in [3.05, 3.63) is 0 Å². The zero-order valence-electron chi connectivity index (χ0n) is 12.7. The molecule has 0 radical (unpaired) electrons. The molecule has 0 spiro atoms. The molecule has 1 aliphatic heterocycles. The second kappa shape index (κ2) is 7.97. The number of rotatable bonds is 7. The van der Waals surface area contributed by atoms with Crippen molar-refractivity contribution >= 4 is 17.8 Å². The predicted molar refractivity (Wildman–Crippen MR) is 73.6 cm³/mol. The van der Waals surface area contributed by atoms with Gasteiger partial charge in [0.25, 0.3) is 5.91 Å². The van der Waals surface area contributed by atoms with Crippen LogP contribution >= 0.6 is 0 Å². The molecule has 0 aromatic heterocycles. The molecule has 21 heavy (non-hydrogen) atoms. The van der Waals surface area contributed by atoms with Crippen LogP contribution in [0.15, 0.2) is 0 Å². The highest BCUT2D eigenvalue weighted by Gasteiger charge is 2.37. The fraction of sp³-hybridized carbons (Fsp3) is 0.786. The molecule has 0 aromatic rings. The van der Waals surface area contributed by atoms with Crippen LogP contribution in [-0.4, -0.2) is 59.8 Å². The van der Waals surface area contributed by atoms with E-state index in [1.165, 1.54) is 4.90 Å². The molecule has 1 saturated heterocycles. The molecule has 0 aliphatic carbocycles. The Hall–Kier alpha value is -1.63. The van der Waals surface area contributed by atoms with Gasteiger partial charge < -0.3 is 19.5 Å². The van der Waals surface area contributed by atoms with Crippen molar-refractivity contribution in [2.24, 2.45) is 5.92 Å². The van der Waals surface area contributed by atoms with Gasteiger partial charge >= 0.3 is 11.9 Å². The highest BCUT2D eigenvalue weighted by Crippen LogP contribution is 2.22. The van der Waals surface area contributed by atoms with Crippen molar-refractivity contribution in [3.63, 3.8) is 0 Å². The summed E-state index contributed by atoms with van der Waals surface area (Å²) in [5.41, 5.74) is 0. The molecule has 1 heterocycles. The van der Waals surface area contributed by atoms with Crippen LogP contribution in [0.2, 0.25) is 0 Å². The third-order valence-electron chi connectivity index (χ3n) is 3.09. The van der Waals surface area contributed by atoms with Crippen LogP contribution in [0.5, 0.6) is 0 Å². The maximum absolute atomic E-state index is 12.4. The molecule has 0 bridgehead atoms. The fourth-order valence-electron chi connectivity index (χ4n) is 2.24. The largest absolute Gasteiger partial charge is 0.479 e. The lowest BCUT2D eigenvalue weighted by molar-refractivity contribution is -0.158. The number of aliphatic carboxylic acids is 1. The molecule has 7 nitrogen and oxygen atoms in total. The third-order valence-corrected chi connectivity index (χ3v) is 3.09. The van der Waals surface area contributed by atoms with Crippen LogP contribution in [0.4, 0.5) is 0 Å². The number of amides is 1. The molecule has 7 heteroatoms. The van der Waals surface area contributed by atoms with Gasteiger partial charge in [0.1, 0.15) is 12.6 Å². The number of carboxylic acids is 1. The molecule has 0 saturated carbocycles. The molecule has 0 aromatic carbocycles. The molecule has 1 N–H and O–H groups in total. The van der Waals surface area contributed by atoms with E-state index < -0.39 is 24.1 Å². The Morgan fingerprint density at radius 2 is 1.90 bits per heavy atom. The van der Waals surface area contributed by atoms with Crippen molar-refractivity contribution in [1.29, 1.82) is 0 Å². The quantitative estimate of drug-likeness (QED) is 0.695. The van der Waals surface area contributed by atoms with Crippen LogP contribution in [0.25, 0.3) is 0 Å². The van der Waals surface area contributed by atoms with Gasteiger partial charge in [-0.05, 0) is 25.7 Å². The SMILES string of the molecule is CCOC(=O)CN(CC(C)C)C(=O)C1CCC(C(=O)O)O1. The Bertz CT molecular complexity index is 395. The van der Waals surface area contributed by atoms with Crippen LogP contribution < -0.4 is 0 Å². The van der Waals surface area contributed by atoms with E-state index in [0.717, 1.165) is 0 Å². The molecule has 120 valence electrons. The first-order chi connectivity index (χ1) is 9.85. The Balaban J connectivity index is 2.67. The Morgan fingerprint density at radius 1 is 1.29 bits per heavy atom. The summed E-state index contributed by atoms with van der Waals surface area (Å²) in [5, 5.41) is 8.89. The van der Waals surface area contributed by atoms with Gasteiger partial charge in [-0.25, -0.2) is 4.79 Å². The van der Waals surface area contributed by atoms with E-state index in [1.807, 2.05) is 13.8 Å². The zero-order chi connectivity index (χ0) is 16.0. The predicted octanol–water partition coefficient (Wildman–Crippen LogP) is 0.666. The number of esters is 1. The number of carbonyl (C=O) groups is 3. The number of hydrogen-bond donors (Lipinski definition) is 1. The van der Waals surface area contributed by atoms with E-state index >= 15 is 0 Å². The van der Waals surface area contributed by atoms with Crippen molar-refractivity contribution in [1.82, 2.24) is 4.90 Å². The van der Waals surface area contributed by atoms with Gasteiger partial charge in [0.2, 0.25) is 0 Å². The van der Waals surface area contributed by atoms with Crippen molar-refractivity contribution < 1.29 is 29.0 Å². The summed E-state index contributed by atoms with van der Waals surface area (Å²) in [4.78, 5) is 36.2. The topological polar surface area (TPSA) is 93.1 Å². The van der Waals surface area contributed by atoms with E-state index in [-0.39, 0.29) is 25.0 Å². The molecule has 1 amide bonds. The minimum absolute atomic E-state index is 0.136. The van der Waals surface area contributed by atoms with Crippen LogP contribution in [-0.2, 0) is 23.9 Å². The number of ether oxygens (including phenoxy) is 2. The first-order valence-electron chi connectivity index (χ1n) is 7.17. The summed E-state index contributed by atoms with van der Waals surface area (Å²) in [6, 6.07) is 0. The van der Waals surface area contributed by atoms with Crippen molar-refractivity contribution in [2.45, 2.75) is 45.8 Å². The highest BCUT2D eigenvalue weighted by atomic mass is 16.5. The van der Waals surface area contributed by atoms with Crippen LogP contribution in [0.3, 0.4) is 0 Å². The van der Waals surface area contributed by atoms with Gasteiger partial charge in [-0.2, -0.15) is 0 Å². The summed E-state index contributed by atoms with van der Waals surface area (Å²) in [7, 11) is 0. The van der Waals surface area contributed by atoms with Crippen LogP contribution in [0, 0.1) is 5.92 Å². The minimum atomic E-state index is -1.06. The van der Waals surface area contributed by atoms with Gasteiger partial charge in [0.15, 0.2) is 6.10 Å². The smallest absolute Gasteiger partial charge is 0.332 e. The molecule has 1 fully saturated rings. The lowest BCUT2D eigenvalue weighted by Gasteiger charge is -2.26. The normalized spacial score (nSPS) is 21.3. The number of hydrogen-bond acceptors (Lipinski definition) is 5. The highest BCUT2D eigenvalue weighted by molar-refractivity contribution is 5.86. The van der Waals surface area contributed by atoms with E-state index in [1.54, 1.807) is 6.92 Å². The Morgan fingerprint density at radius 3 is 2.38 bits per heavy atom. The van der Waals surface area contributed by atoms with Gasteiger partial charge in [-0.1, -0.05) is 13.8 Å². The summed E-state index contributed by atoms with van der Waals surface area (Å²) >= 11 is 0. The maximum Gasteiger partial charge on any atom is 0.332 e. The molecule has 2 unspecified atom stereocenters.